The summed E-state index contributed by atoms with van der Waals surface area (Å²) in [7, 11) is 0. The quantitative estimate of drug-likeness (QED) is 0.774. The van der Waals surface area contributed by atoms with Gasteiger partial charge in [0, 0.05) is 39.5 Å². The van der Waals surface area contributed by atoms with Crippen LogP contribution in [0.4, 0.5) is 0 Å². The highest BCUT2D eigenvalue weighted by Crippen LogP contribution is 2.15. The summed E-state index contributed by atoms with van der Waals surface area (Å²) < 4.78 is 0. The van der Waals surface area contributed by atoms with E-state index < -0.39 is 0 Å². The number of nitrogens with zero attached hydrogens (tertiary/aromatic N) is 2. The van der Waals surface area contributed by atoms with E-state index in [2.05, 4.69) is 5.32 Å². The van der Waals surface area contributed by atoms with Crippen LogP contribution in [0.3, 0.4) is 0 Å². The highest BCUT2D eigenvalue weighted by Gasteiger charge is 2.23. The second kappa shape index (κ2) is 6.18. The van der Waals surface area contributed by atoms with Crippen LogP contribution in [0.5, 0.6) is 0 Å². The number of amides is 2. The summed E-state index contributed by atoms with van der Waals surface area (Å²) in [6.45, 7) is 6.51. The lowest BCUT2D eigenvalue weighted by Gasteiger charge is -2.34. The van der Waals surface area contributed by atoms with Gasteiger partial charge in [-0.2, -0.15) is 0 Å². The molecule has 1 unspecified atom stereocenters. The van der Waals surface area contributed by atoms with Crippen LogP contribution in [0.25, 0.3) is 0 Å². The van der Waals surface area contributed by atoms with Gasteiger partial charge in [0.2, 0.25) is 11.8 Å². The molecular weight excluding hydrogens is 230 g/mol. The van der Waals surface area contributed by atoms with Gasteiger partial charge in [-0.3, -0.25) is 9.59 Å². The summed E-state index contributed by atoms with van der Waals surface area (Å²) in [4.78, 5) is 26.9. The Morgan fingerprint density at radius 3 is 2.39 bits per heavy atom. The second-order valence-electron chi connectivity index (χ2n) is 5.28. The minimum absolute atomic E-state index is 0.110. The van der Waals surface area contributed by atoms with Crippen LogP contribution in [-0.2, 0) is 9.59 Å². The Hall–Kier alpha value is -1.10. The van der Waals surface area contributed by atoms with Crippen LogP contribution < -0.4 is 5.32 Å². The summed E-state index contributed by atoms with van der Waals surface area (Å²) in [5, 5.41) is 3.32. The third-order valence-corrected chi connectivity index (χ3v) is 4.01. The first kappa shape index (κ1) is 13.3. The van der Waals surface area contributed by atoms with Gasteiger partial charge in [0.25, 0.3) is 0 Å². The molecule has 2 aliphatic rings. The molecule has 0 spiro atoms. The molecule has 2 aliphatic heterocycles. The van der Waals surface area contributed by atoms with Crippen molar-refractivity contribution in [2.75, 3.05) is 39.3 Å². The molecule has 0 aromatic heterocycles. The van der Waals surface area contributed by atoms with Crippen LogP contribution in [-0.4, -0.2) is 60.9 Å². The Balaban J connectivity index is 1.68. The molecule has 0 radical (unpaired) electrons. The standard InChI is InChI=1S/C13H23N3O2/c1-11(17)15-6-8-16(9-7-15)13(18)3-2-12-4-5-14-10-12/h12,14H,2-10H2,1H3. The maximum Gasteiger partial charge on any atom is 0.222 e. The Bertz CT molecular complexity index is 305. The molecule has 0 aromatic rings. The van der Waals surface area contributed by atoms with Crippen molar-refractivity contribution in [3.05, 3.63) is 0 Å². The zero-order chi connectivity index (χ0) is 13.0. The predicted molar refractivity (Wildman–Crippen MR) is 69.0 cm³/mol. The highest BCUT2D eigenvalue weighted by atomic mass is 16.2. The summed E-state index contributed by atoms with van der Waals surface area (Å²) in [6.07, 6.45) is 2.86. The van der Waals surface area contributed by atoms with Gasteiger partial charge in [0.05, 0.1) is 0 Å². The van der Waals surface area contributed by atoms with Crippen molar-refractivity contribution in [1.29, 1.82) is 0 Å². The molecule has 0 bridgehead atoms. The maximum absolute atomic E-state index is 12.0. The van der Waals surface area contributed by atoms with Gasteiger partial charge < -0.3 is 15.1 Å². The molecule has 2 heterocycles. The van der Waals surface area contributed by atoms with Gasteiger partial charge >= 0.3 is 0 Å². The van der Waals surface area contributed by atoms with Crippen LogP contribution in [0.2, 0.25) is 0 Å². The third-order valence-electron chi connectivity index (χ3n) is 4.01. The van der Waals surface area contributed by atoms with Crippen LogP contribution in [0, 0.1) is 5.92 Å². The summed E-state index contributed by atoms with van der Waals surface area (Å²) in [6, 6.07) is 0. The zero-order valence-electron chi connectivity index (χ0n) is 11.2. The van der Waals surface area contributed by atoms with Gasteiger partial charge in [0.15, 0.2) is 0 Å². The van der Waals surface area contributed by atoms with E-state index in [0.29, 0.717) is 38.5 Å². The minimum atomic E-state index is 0.110. The van der Waals surface area contributed by atoms with Crippen LogP contribution in [0.15, 0.2) is 0 Å². The Kier molecular flexibility index (Phi) is 4.58. The van der Waals surface area contributed by atoms with E-state index in [1.807, 2.05) is 9.80 Å². The first-order chi connectivity index (χ1) is 8.66. The molecule has 0 aliphatic carbocycles. The van der Waals surface area contributed by atoms with Crippen molar-refractivity contribution in [2.45, 2.75) is 26.2 Å². The molecule has 2 fully saturated rings. The fourth-order valence-electron chi connectivity index (χ4n) is 2.72. The van der Waals surface area contributed by atoms with Gasteiger partial charge in [-0.25, -0.2) is 0 Å². The van der Waals surface area contributed by atoms with Crippen molar-refractivity contribution < 1.29 is 9.59 Å². The van der Waals surface area contributed by atoms with E-state index >= 15 is 0 Å². The van der Waals surface area contributed by atoms with E-state index in [1.54, 1.807) is 6.92 Å². The molecule has 2 amide bonds. The molecule has 1 atom stereocenters. The number of piperazine rings is 1. The largest absolute Gasteiger partial charge is 0.339 e. The number of nitrogens with one attached hydrogen (secondary N) is 1. The van der Waals surface area contributed by atoms with Gasteiger partial charge in [-0.15, -0.1) is 0 Å². The Morgan fingerprint density at radius 1 is 1.17 bits per heavy atom. The van der Waals surface area contributed by atoms with Crippen LogP contribution in [0.1, 0.15) is 26.2 Å². The number of hydrogen-bond donors (Lipinski definition) is 1. The van der Waals surface area contributed by atoms with Crippen molar-refractivity contribution >= 4 is 11.8 Å². The fourth-order valence-corrected chi connectivity index (χ4v) is 2.72. The zero-order valence-corrected chi connectivity index (χ0v) is 11.2. The second-order valence-corrected chi connectivity index (χ2v) is 5.28. The number of carbonyl (C=O) groups excluding carboxylic acids is 2. The summed E-state index contributed by atoms with van der Waals surface area (Å²) >= 11 is 0. The predicted octanol–water partition coefficient (Wildman–Crippen LogP) is 0.0668. The van der Waals surface area contributed by atoms with Crippen molar-refractivity contribution in [2.24, 2.45) is 5.92 Å². The maximum atomic E-state index is 12.0. The highest BCUT2D eigenvalue weighted by molar-refractivity contribution is 5.77. The van der Waals surface area contributed by atoms with E-state index in [4.69, 9.17) is 0 Å². The molecule has 5 heteroatoms. The molecule has 0 aromatic carbocycles. The van der Waals surface area contributed by atoms with Gasteiger partial charge in [-0.05, 0) is 31.8 Å². The topological polar surface area (TPSA) is 52.7 Å². The Labute approximate surface area is 108 Å². The van der Waals surface area contributed by atoms with Gasteiger partial charge in [0.1, 0.15) is 0 Å². The van der Waals surface area contributed by atoms with E-state index in [-0.39, 0.29) is 11.8 Å². The molecule has 102 valence electrons. The van der Waals surface area contributed by atoms with Crippen molar-refractivity contribution in [3.63, 3.8) is 0 Å². The number of rotatable bonds is 3. The van der Waals surface area contributed by atoms with Crippen molar-refractivity contribution in [3.8, 4) is 0 Å². The SMILES string of the molecule is CC(=O)N1CCN(C(=O)CCC2CCNC2)CC1. The lowest BCUT2D eigenvalue weighted by atomic mass is 10.0. The van der Waals surface area contributed by atoms with E-state index in [0.717, 1.165) is 19.5 Å². The lowest BCUT2D eigenvalue weighted by Crippen LogP contribution is -2.50. The number of hydrogen-bond acceptors (Lipinski definition) is 3. The first-order valence-corrected chi connectivity index (χ1v) is 6.91. The molecule has 2 saturated heterocycles. The van der Waals surface area contributed by atoms with E-state index in [9.17, 15) is 9.59 Å². The summed E-state index contributed by atoms with van der Waals surface area (Å²) in [5.74, 6) is 1.04. The molecule has 18 heavy (non-hydrogen) atoms. The molecule has 1 N–H and O–H groups in total. The minimum Gasteiger partial charge on any atom is -0.339 e. The summed E-state index contributed by atoms with van der Waals surface area (Å²) in [5.41, 5.74) is 0. The van der Waals surface area contributed by atoms with Crippen LogP contribution >= 0.6 is 0 Å². The normalized spacial score (nSPS) is 24.4. The van der Waals surface area contributed by atoms with E-state index in [1.165, 1.54) is 6.42 Å². The molecule has 2 rings (SSSR count). The molecular formula is C13H23N3O2. The average Bonchev–Trinajstić information content (AvgIpc) is 2.89. The first-order valence-electron chi connectivity index (χ1n) is 6.91. The lowest BCUT2D eigenvalue weighted by molar-refractivity contribution is -0.138. The Morgan fingerprint density at radius 2 is 1.83 bits per heavy atom. The third kappa shape index (κ3) is 3.45. The number of carbonyl (C=O) groups is 2. The van der Waals surface area contributed by atoms with Gasteiger partial charge in [-0.1, -0.05) is 0 Å². The van der Waals surface area contributed by atoms with Crippen molar-refractivity contribution in [1.82, 2.24) is 15.1 Å². The fraction of sp³-hybridized carbons (Fsp3) is 0.846. The monoisotopic (exact) mass is 253 g/mol. The smallest absolute Gasteiger partial charge is 0.222 e. The molecule has 0 saturated carbocycles. The average molecular weight is 253 g/mol. The molecule has 5 nitrogen and oxygen atoms in total.